The monoisotopic (exact) mass is 579 g/mol. The second kappa shape index (κ2) is 12.1. The summed E-state index contributed by atoms with van der Waals surface area (Å²) in [6.45, 7) is 13.2. The Morgan fingerprint density at radius 1 is 0.756 bits per heavy atom. The molecule has 2 aromatic carbocycles. The molecule has 41 heavy (non-hydrogen) atoms. The average Bonchev–Trinajstić information content (AvgIpc) is 2.76. The number of nitro groups is 1. The lowest BCUT2D eigenvalue weighted by molar-refractivity contribution is -0.384. The molecule has 0 aliphatic carbocycles. The molecule has 224 valence electrons. The van der Waals surface area contributed by atoms with Crippen LogP contribution < -0.4 is 9.80 Å². The minimum Gasteiger partial charge on any atom is -0.443 e. The first-order valence-electron chi connectivity index (χ1n) is 12.6. The number of rotatable bonds is 5. The number of carbonyl (C=O) groups is 3. The maximum Gasteiger partial charge on any atom is 0.424 e. The van der Waals surface area contributed by atoms with Gasteiger partial charge in [0.05, 0.1) is 17.2 Å². The number of anilines is 2. The Bertz CT molecular complexity index is 1280. The number of hydrogen-bond acceptors (Lipinski definition) is 8. The third-order valence-corrected chi connectivity index (χ3v) is 4.81. The highest BCUT2D eigenvalue weighted by molar-refractivity contribution is 6.12. The van der Waals surface area contributed by atoms with Gasteiger partial charge in [0.2, 0.25) is 0 Å². The zero-order valence-electron chi connectivity index (χ0n) is 24.5. The second-order valence-electron chi connectivity index (χ2n) is 12.0. The van der Waals surface area contributed by atoms with Crippen molar-refractivity contribution < 1.29 is 42.3 Å². The standard InChI is InChI=1S/C28H35F2N3O8/c1-26(2,3)39-23(34)31(16-17-10-12-18(29)13-11-17)19-14-15-20(33(37)38)22(21(19)30)32(24(35)40-27(4,5)6)25(36)41-28(7,8)9/h10-15H,16H2,1-9H3. The lowest BCUT2D eigenvalue weighted by Crippen LogP contribution is -2.44. The van der Waals surface area contributed by atoms with Gasteiger partial charge in [0, 0.05) is 6.07 Å². The first kappa shape index (κ1) is 32.9. The Hall–Kier alpha value is -4.29. The molecule has 0 fully saturated rings. The smallest absolute Gasteiger partial charge is 0.424 e. The van der Waals surface area contributed by atoms with Crippen LogP contribution in [-0.2, 0) is 20.8 Å². The molecule has 0 aliphatic rings. The van der Waals surface area contributed by atoms with Gasteiger partial charge >= 0.3 is 18.3 Å². The normalized spacial score (nSPS) is 11.9. The van der Waals surface area contributed by atoms with E-state index in [2.05, 4.69) is 0 Å². The van der Waals surface area contributed by atoms with E-state index in [-0.39, 0.29) is 11.4 Å². The molecule has 0 unspecified atom stereocenters. The third-order valence-electron chi connectivity index (χ3n) is 4.81. The van der Waals surface area contributed by atoms with Crippen molar-refractivity contribution in [2.75, 3.05) is 9.80 Å². The largest absolute Gasteiger partial charge is 0.443 e. The molecule has 0 aliphatic heterocycles. The van der Waals surface area contributed by atoms with Crippen LogP contribution in [0.5, 0.6) is 0 Å². The van der Waals surface area contributed by atoms with E-state index in [1.807, 2.05) is 0 Å². The topological polar surface area (TPSA) is 129 Å². The molecule has 0 atom stereocenters. The van der Waals surface area contributed by atoms with E-state index in [0.717, 1.165) is 29.2 Å². The van der Waals surface area contributed by atoms with E-state index < -0.39 is 68.7 Å². The summed E-state index contributed by atoms with van der Waals surface area (Å²) in [5.74, 6) is -2.03. The van der Waals surface area contributed by atoms with Gasteiger partial charge in [0.25, 0.3) is 5.69 Å². The van der Waals surface area contributed by atoms with Gasteiger partial charge in [-0.25, -0.2) is 23.2 Å². The first-order chi connectivity index (χ1) is 18.6. The van der Waals surface area contributed by atoms with Crippen LogP contribution in [-0.4, -0.2) is 40.0 Å². The van der Waals surface area contributed by atoms with Gasteiger partial charge in [0.1, 0.15) is 22.6 Å². The average molecular weight is 580 g/mol. The van der Waals surface area contributed by atoms with Crippen LogP contribution in [0, 0.1) is 21.7 Å². The summed E-state index contributed by atoms with van der Waals surface area (Å²) in [6.07, 6.45) is -3.96. The van der Waals surface area contributed by atoms with Gasteiger partial charge in [0.15, 0.2) is 11.5 Å². The number of hydrogen-bond donors (Lipinski definition) is 0. The molecule has 2 aromatic rings. The molecule has 0 saturated carbocycles. The van der Waals surface area contributed by atoms with Gasteiger partial charge in [-0.2, -0.15) is 4.90 Å². The maximum absolute atomic E-state index is 16.5. The molecule has 0 saturated heterocycles. The minimum atomic E-state index is -1.48. The van der Waals surface area contributed by atoms with E-state index >= 15 is 4.39 Å². The van der Waals surface area contributed by atoms with Crippen LogP contribution in [0.3, 0.4) is 0 Å². The van der Waals surface area contributed by atoms with Crippen LogP contribution in [0.4, 0.5) is 40.2 Å². The Labute approximate surface area is 237 Å². The molecule has 3 amide bonds. The molecule has 0 radical (unpaired) electrons. The van der Waals surface area contributed by atoms with E-state index in [0.29, 0.717) is 5.56 Å². The first-order valence-corrected chi connectivity index (χ1v) is 12.6. The number of nitrogens with zero attached hydrogens (tertiary/aromatic N) is 3. The number of amides is 3. The molecule has 13 heteroatoms. The van der Waals surface area contributed by atoms with Crippen molar-refractivity contribution in [1.82, 2.24) is 0 Å². The predicted octanol–water partition coefficient (Wildman–Crippen LogP) is 7.49. The van der Waals surface area contributed by atoms with E-state index in [4.69, 9.17) is 14.2 Å². The quantitative estimate of drug-likeness (QED) is 0.202. The number of halogens is 2. The fourth-order valence-electron chi connectivity index (χ4n) is 3.32. The highest BCUT2D eigenvalue weighted by Crippen LogP contribution is 2.39. The summed E-state index contributed by atoms with van der Waals surface area (Å²) in [7, 11) is 0. The van der Waals surface area contributed by atoms with Crippen LogP contribution in [0.2, 0.25) is 0 Å². The maximum atomic E-state index is 16.5. The Morgan fingerprint density at radius 3 is 1.61 bits per heavy atom. The Morgan fingerprint density at radius 2 is 1.20 bits per heavy atom. The molecule has 11 nitrogen and oxygen atoms in total. The van der Waals surface area contributed by atoms with Gasteiger partial charge in [-0.15, -0.1) is 0 Å². The van der Waals surface area contributed by atoms with Crippen molar-refractivity contribution in [3.05, 3.63) is 63.7 Å². The highest BCUT2D eigenvalue weighted by atomic mass is 19.1. The Kier molecular flexibility index (Phi) is 9.69. The fraction of sp³-hybridized carbons (Fsp3) is 0.464. The van der Waals surface area contributed by atoms with E-state index in [1.165, 1.54) is 53.7 Å². The van der Waals surface area contributed by atoms with Crippen molar-refractivity contribution in [3.8, 4) is 0 Å². The number of ether oxygens (including phenoxy) is 3. The zero-order valence-corrected chi connectivity index (χ0v) is 24.5. The van der Waals surface area contributed by atoms with Gasteiger partial charge in [-0.05, 0) is 86.1 Å². The van der Waals surface area contributed by atoms with E-state index in [9.17, 15) is 28.9 Å². The number of imide groups is 1. The third kappa shape index (κ3) is 9.40. The summed E-state index contributed by atoms with van der Waals surface area (Å²) < 4.78 is 45.9. The summed E-state index contributed by atoms with van der Waals surface area (Å²) in [6, 6.07) is 6.74. The molecule has 0 aromatic heterocycles. The van der Waals surface area contributed by atoms with Crippen LogP contribution in [0.1, 0.15) is 67.9 Å². The van der Waals surface area contributed by atoms with Gasteiger partial charge < -0.3 is 14.2 Å². The molecule has 0 N–H and O–H groups in total. The van der Waals surface area contributed by atoms with Crippen molar-refractivity contribution in [2.45, 2.75) is 85.7 Å². The highest BCUT2D eigenvalue weighted by Gasteiger charge is 2.41. The van der Waals surface area contributed by atoms with Crippen LogP contribution in [0.15, 0.2) is 36.4 Å². The summed E-state index contributed by atoms with van der Waals surface area (Å²) in [4.78, 5) is 51.6. The molecular formula is C28H35F2N3O8. The second-order valence-corrected chi connectivity index (χ2v) is 12.0. The summed E-state index contributed by atoms with van der Waals surface area (Å²) in [5.41, 5.74) is -5.71. The summed E-state index contributed by atoms with van der Waals surface area (Å²) in [5, 5.41) is 12.0. The molecular weight excluding hydrogens is 544 g/mol. The molecule has 2 rings (SSSR count). The van der Waals surface area contributed by atoms with Crippen molar-refractivity contribution in [3.63, 3.8) is 0 Å². The lowest BCUT2D eigenvalue weighted by Gasteiger charge is -2.30. The minimum absolute atomic E-state index is 0.0820. The molecule has 0 spiro atoms. The van der Waals surface area contributed by atoms with E-state index in [1.54, 1.807) is 20.8 Å². The molecule has 0 bridgehead atoms. The van der Waals surface area contributed by atoms with Crippen molar-refractivity contribution in [1.29, 1.82) is 0 Å². The fourth-order valence-corrected chi connectivity index (χ4v) is 3.32. The van der Waals surface area contributed by atoms with Gasteiger partial charge in [-0.1, -0.05) is 12.1 Å². The SMILES string of the molecule is CC(C)(C)OC(=O)N(Cc1ccc(F)cc1)c1ccc([N+](=O)[O-])c(N(C(=O)OC(C)(C)C)C(=O)OC(C)(C)C)c1F. The predicted molar refractivity (Wildman–Crippen MR) is 147 cm³/mol. The lowest BCUT2D eigenvalue weighted by atomic mass is 10.1. The Balaban J connectivity index is 2.85. The molecule has 0 heterocycles. The van der Waals surface area contributed by atoms with Crippen molar-refractivity contribution in [2.24, 2.45) is 0 Å². The van der Waals surface area contributed by atoms with Crippen LogP contribution in [0.25, 0.3) is 0 Å². The number of carbonyl (C=O) groups excluding carboxylic acids is 3. The van der Waals surface area contributed by atoms with Crippen molar-refractivity contribution >= 4 is 35.3 Å². The zero-order chi connectivity index (χ0) is 31.5. The van der Waals surface area contributed by atoms with Crippen LogP contribution >= 0.6 is 0 Å². The number of nitro benzene ring substituents is 1. The van der Waals surface area contributed by atoms with Gasteiger partial charge in [-0.3, -0.25) is 15.0 Å². The number of benzene rings is 2. The summed E-state index contributed by atoms with van der Waals surface area (Å²) >= 11 is 0.